The molecule has 116 valence electrons. The van der Waals surface area contributed by atoms with Crippen LogP contribution in [-0.4, -0.2) is 32.6 Å². The molecule has 2 atom stereocenters. The van der Waals surface area contributed by atoms with Crippen molar-refractivity contribution in [2.45, 2.75) is 25.0 Å². The number of aromatic hydroxyl groups is 2. The first-order chi connectivity index (χ1) is 10.5. The van der Waals surface area contributed by atoms with Gasteiger partial charge in [0.05, 0.1) is 12.2 Å². The smallest absolute Gasteiger partial charge is 0.115 e. The summed E-state index contributed by atoms with van der Waals surface area (Å²) >= 11 is 0. The highest BCUT2D eigenvalue weighted by Gasteiger charge is 2.05. The molecule has 2 aromatic rings. The molecule has 0 heterocycles. The number of phenols is 2. The molecule has 0 fully saturated rings. The molecule has 0 aliphatic carbocycles. The van der Waals surface area contributed by atoms with E-state index in [1.165, 1.54) is 0 Å². The minimum absolute atomic E-state index is 0.193. The summed E-state index contributed by atoms with van der Waals surface area (Å²) in [6.45, 7) is 0. The molecule has 4 heteroatoms. The fourth-order valence-corrected chi connectivity index (χ4v) is 2.14. The zero-order valence-corrected chi connectivity index (χ0v) is 12.1. The molecule has 0 spiro atoms. The SMILES string of the molecule is Oc1ccc(C[C@H](O)/C=C/[C@@H](O)Cc2ccc(O)cc2)cc1. The lowest BCUT2D eigenvalue weighted by atomic mass is 10.0. The predicted octanol–water partition coefficient (Wildman–Crippen LogP) is 2.16. The summed E-state index contributed by atoms with van der Waals surface area (Å²) in [5.74, 6) is 0.385. The van der Waals surface area contributed by atoms with Crippen LogP contribution in [0.3, 0.4) is 0 Å². The van der Waals surface area contributed by atoms with Crippen LogP contribution in [0.5, 0.6) is 11.5 Å². The van der Waals surface area contributed by atoms with Crippen LogP contribution in [0.25, 0.3) is 0 Å². The predicted molar refractivity (Wildman–Crippen MR) is 84.8 cm³/mol. The lowest BCUT2D eigenvalue weighted by molar-refractivity contribution is 0.207. The molecule has 0 aliphatic heterocycles. The van der Waals surface area contributed by atoms with Gasteiger partial charge in [0.15, 0.2) is 0 Å². The van der Waals surface area contributed by atoms with Crippen LogP contribution < -0.4 is 0 Å². The van der Waals surface area contributed by atoms with Gasteiger partial charge in [-0.25, -0.2) is 0 Å². The van der Waals surface area contributed by atoms with E-state index in [2.05, 4.69) is 0 Å². The van der Waals surface area contributed by atoms with Gasteiger partial charge in [-0.2, -0.15) is 0 Å². The maximum Gasteiger partial charge on any atom is 0.115 e. The second-order valence-electron chi connectivity index (χ2n) is 5.26. The average molecular weight is 300 g/mol. The van der Waals surface area contributed by atoms with Crippen molar-refractivity contribution in [1.29, 1.82) is 0 Å². The molecule has 0 amide bonds. The van der Waals surface area contributed by atoms with Crippen LogP contribution in [0.1, 0.15) is 11.1 Å². The largest absolute Gasteiger partial charge is 0.508 e. The third kappa shape index (κ3) is 5.24. The van der Waals surface area contributed by atoms with Crippen LogP contribution in [-0.2, 0) is 12.8 Å². The summed E-state index contributed by atoms with van der Waals surface area (Å²) < 4.78 is 0. The Labute approximate surface area is 129 Å². The van der Waals surface area contributed by atoms with E-state index in [0.717, 1.165) is 11.1 Å². The Morgan fingerprint density at radius 1 is 0.636 bits per heavy atom. The molecular weight excluding hydrogens is 280 g/mol. The minimum Gasteiger partial charge on any atom is -0.508 e. The van der Waals surface area contributed by atoms with E-state index >= 15 is 0 Å². The van der Waals surface area contributed by atoms with Gasteiger partial charge >= 0.3 is 0 Å². The molecule has 0 aromatic heterocycles. The fraction of sp³-hybridized carbons (Fsp3) is 0.222. The van der Waals surface area contributed by atoms with Gasteiger partial charge in [-0.3, -0.25) is 0 Å². The summed E-state index contributed by atoms with van der Waals surface area (Å²) in [6, 6.07) is 13.3. The van der Waals surface area contributed by atoms with Crippen molar-refractivity contribution in [2.75, 3.05) is 0 Å². The van der Waals surface area contributed by atoms with E-state index < -0.39 is 12.2 Å². The van der Waals surface area contributed by atoms with Crippen molar-refractivity contribution in [3.8, 4) is 11.5 Å². The van der Waals surface area contributed by atoms with E-state index in [0.29, 0.717) is 12.8 Å². The van der Waals surface area contributed by atoms with E-state index in [1.807, 2.05) is 0 Å². The van der Waals surface area contributed by atoms with Crippen LogP contribution in [0.15, 0.2) is 60.7 Å². The second-order valence-corrected chi connectivity index (χ2v) is 5.26. The molecule has 0 aliphatic rings. The lowest BCUT2D eigenvalue weighted by Gasteiger charge is -2.09. The molecule has 0 radical (unpaired) electrons. The van der Waals surface area contributed by atoms with Crippen molar-refractivity contribution in [3.63, 3.8) is 0 Å². The number of aliphatic hydroxyl groups excluding tert-OH is 2. The summed E-state index contributed by atoms with van der Waals surface area (Å²) in [5.41, 5.74) is 1.81. The van der Waals surface area contributed by atoms with E-state index in [-0.39, 0.29) is 11.5 Å². The van der Waals surface area contributed by atoms with Gasteiger partial charge in [-0.05, 0) is 35.4 Å². The molecule has 4 N–H and O–H groups in total. The Kier molecular flexibility index (Phi) is 5.58. The molecule has 2 aromatic carbocycles. The molecule has 0 bridgehead atoms. The molecule has 0 saturated heterocycles. The Morgan fingerprint density at radius 3 is 1.27 bits per heavy atom. The molecule has 22 heavy (non-hydrogen) atoms. The van der Waals surface area contributed by atoms with Crippen LogP contribution in [0, 0.1) is 0 Å². The first-order valence-electron chi connectivity index (χ1n) is 7.13. The van der Waals surface area contributed by atoms with Crippen LogP contribution in [0.4, 0.5) is 0 Å². The standard InChI is InChI=1S/C18H20O4/c19-15-5-1-13(2-6-15)11-17(21)9-10-18(22)12-14-3-7-16(20)8-4-14/h1-10,17-22H,11-12H2/b10-9+/t17-,18-/m1/s1. The molecule has 4 nitrogen and oxygen atoms in total. The Balaban J connectivity index is 1.84. The summed E-state index contributed by atoms with van der Waals surface area (Å²) in [4.78, 5) is 0. The van der Waals surface area contributed by atoms with Gasteiger partial charge in [0, 0.05) is 12.8 Å². The van der Waals surface area contributed by atoms with Gasteiger partial charge in [0.2, 0.25) is 0 Å². The summed E-state index contributed by atoms with van der Waals surface area (Å²) in [7, 11) is 0. The van der Waals surface area contributed by atoms with Gasteiger partial charge in [0.1, 0.15) is 11.5 Å². The second kappa shape index (κ2) is 7.64. The van der Waals surface area contributed by atoms with Crippen LogP contribution in [0.2, 0.25) is 0 Å². The zero-order chi connectivity index (χ0) is 15.9. The Hall–Kier alpha value is -2.30. The van der Waals surface area contributed by atoms with Crippen molar-refractivity contribution in [1.82, 2.24) is 0 Å². The maximum absolute atomic E-state index is 9.93. The number of hydrogen-bond acceptors (Lipinski definition) is 4. The molecule has 0 saturated carbocycles. The summed E-state index contributed by atoms with van der Waals surface area (Å²) in [5, 5.41) is 38.3. The summed E-state index contributed by atoms with van der Waals surface area (Å²) in [6.07, 6.45) is 2.58. The van der Waals surface area contributed by atoms with Gasteiger partial charge in [-0.1, -0.05) is 36.4 Å². The fourth-order valence-electron chi connectivity index (χ4n) is 2.14. The normalized spacial score (nSPS) is 14.1. The Morgan fingerprint density at radius 2 is 0.955 bits per heavy atom. The van der Waals surface area contributed by atoms with Crippen molar-refractivity contribution in [2.24, 2.45) is 0 Å². The van der Waals surface area contributed by atoms with E-state index in [9.17, 15) is 20.4 Å². The maximum atomic E-state index is 9.93. The topological polar surface area (TPSA) is 80.9 Å². The molecule has 0 unspecified atom stereocenters. The van der Waals surface area contributed by atoms with Crippen molar-refractivity contribution in [3.05, 3.63) is 71.8 Å². The third-order valence-corrected chi connectivity index (χ3v) is 3.32. The average Bonchev–Trinajstić information content (AvgIpc) is 2.50. The highest BCUT2D eigenvalue weighted by Crippen LogP contribution is 2.13. The highest BCUT2D eigenvalue weighted by molar-refractivity contribution is 5.28. The first-order valence-corrected chi connectivity index (χ1v) is 7.13. The van der Waals surface area contributed by atoms with E-state index in [4.69, 9.17) is 0 Å². The number of benzene rings is 2. The quantitative estimate of drug-likeness (QED) is 0.616. The van der Waals surface area contributed by atoms with E-state index in [1.54, 1.807) is 60.7 Å². The number of hydrogen-bond donors (Lipinski definition) is 4. The lowest BCUT2D eigenvalue weighted by Crippen LogP contribution is -2.11. The minimum atomic E-state index is -0.695. The third-order valence-electron chi connectivity index (χ3n) is 3.32. The molecule has 2 rings (SSSR count). The highest BCUT2D eigenvalue weighted by atomic mass is 16.3. The monoisotopic (exact) mass is 300 g/mol. The van der Waals surface area contributed by atoms with Crippen molar-refractivity contribution < 1.29 is 20.4 Å². The number of aliphatic hydroxyl groups is 2. The van der Waals surface area contributed by atoms with Gasteiger partial charge < -0.3 is 20.4 Å². The zero-order valence-electron chi connectivity index (χ0n) is 12.1. The van der Waals surface area contributed by atoms with Crippen LogP contribution >= 0.6 is 0 Å². The number of rotatable bonds is 6. The van der Waals surface area contributed by atoms with Gasteiger partial charge in [0.25, 0.3) is 0 Å². The van der Waals surface area contributed by atoms with Crippen molar-refractivity contribution >= 4 is 0 Å². The first kappa shape index (κ1) is 16.1. The Bertz CT molecular complexity index is 546. The number of phenolic OH excluding ortho intramolecular Hbond substituents is 2. The van der Waals surface area contributed by atoms with Gasteiger partial charge in [-0.15, -0.1) is 0 Å². The molecular formula is C18H20O4.